The second kappa shape index (κ2) is 5.43. The summed E-state index contributed by atoms with van der Waals surface area (Å²) in [6.45, 7) is 3.31. The molecule has 90 valence electrons. The molecule has 0 aromatic heterocycles. The second-order valence-electron chi connectivity index (χ2n) is 3.91. The van der Waals surface area contributed by atoms with Crippen LogP contribution in [0.5, 0.6) is 0 Å². The SMILES string of the molecule is CC(Cc1ccccc1)NC(C)S(=O)(=O)O. The molecule has 2 unspecified atom stereocenters. The molecule has 0 aliphatic heterocycles. The van der Waals surface area contributed by atoms with E-state index in [0.29, 0.717) is 0 Å². The first kappa shape index (κ1) is 13.2. The molecule has 2 N–H and O–H groups in total. The zero-order valence-corrected chi connectivity index (χ0v) is 10.2. The predicted molar refractivity (Wildman–Crippen MR) is 63.8 cm³/mol. The maximum absolute atomic E-state index is 10.8. The Kier molecular flexibility index (Phi) is 4.46. The second-order valence-corrected chi connectivity index (χ2v) is 5.65. The fraction of sp³-hybridized carbons (Fsp3) is 0.455. The van der Waals surface area contributed by atoms with Gasteiger partial charge in [-0.05, 0) is 25.8 Å². The molecule has 0 fully saturated rings. The number of nitrogens with one attached hydrogen (secondary N) is 1. The number of rotatable bonds is 5. The fourth-order valence-corrected chi connectivity index (χ4v) is 1.92. The maximum atomic E-state index is 10.8. The summed E-state index contributed by atoms with van der Waals surface area (Å²) in [4.78, 5) is 0. The molecule has 1 rings (SSSR count). The summed E-state index contributed by atoms with van der Waals surface area (Å²) in [6.07, 6.45) is 0.723. The summed E-state index contributed by atoms with van der Waals surface area (Å²) >= 11 is 0. The van der Waals surface area contributed by atoms with Gasteiger partial charge in [0, 0.05) is 6.04 Å². The summed E-state index contributed by atoms with van der Waals surface area (Å²) in [6, 6.07) is 9.76. The molecule has 0 spiro atoms. The largest absolute Gasteiger partial charge is 0.297 e. The minimum Gasteiger partial charge on any atom is -0.297 e. The normalized spacial score (nSPS) is 15.7. The van der Waals surface area contributed by atoms with Crippen LogP contribution in [-0.2, 0) is 16.5 Å². The summed E-state index contributed by atoms with van der Waals surface area (Å²) < 4.78 is 30.4. The van der Waals surface area contributed by atoms with E-state index in [1.807, 2.05) is 37.3 Å². The lowest BCUT2D eigenvalue weighted by Crippen LogP contribution is -2.40. The van der Waals surface area contributed by atoms with Gasteiger partial charge < -0.3 is 0 Å². The monoisotopic (exact) mass is 243 g/mol. The Labute approximate surface area is 96.4 Å². The molecule has 1 aromatic carbocycles. The van der Waals surface area contributed by atoms with Crippen molar-refractivity contribution >= 4 is 10.1 Å². The van der Waals surface area contributed by atoms with Crippen LogP contribution < -0.4 is 5.32 Å². The lowest BCUT2D eigenvalue weighted by Gasteiger charge is -2.17. The Morgan fingerprint density at radius 2 is 1.81 bits per heavy atom. The molecule has 0 radical (unpaired) electrons. The van der Waals surface area contributed by atoms with Crippen LogP contribution in [0, 0.1) is 0 Å². The van der Waals surface area contributed by atoms with Crippen molar-refractivity contribution in [2.75, 3.05) is 0 Å². The van der Waals surface area contributed by atoms with Crippen molar-refractivity contribution in [3.05, 3.63) is 35.9 Å². The minimum absolute atomic E-state index is 0.0145. The Morgan fingerprint density at radius 1 is 1.25 bits per heavy atom. The summed E-state index contributed by atoms with van der Waals surface area (Å²) in [5.74, 6) is 0. The molecule has 1 aromatic rings. The molecule has 5 heteroatoms. The number of hydrogen-bond acceptors (Lipinski definition) is 3. The molecule has 0 saturated carbocycles. The maximum Gasteiger partial charge on any atom is 0.280 e. The summed E-state index contributed by atoms with van der Waals surface area (Å²) in [5, 5.41) is 1.89. The Morgan fingerprint density at radius 3 is 2.31 bits per heavy atom. The van der Waals surface area contributed by atoms with Gasteiger partial charge in [-0.15, -0.1) is 0 Å². The molecule has 0 heterocycles. The van der Waals surface area contributed by atoms with E-state index in [0.717, 1.165) is 12.0 Å². The van der Waals surface area contributed by atoms with E-state index in [1.54, 1.807) is 0 Å². The molecule has 0 saturated heterocycles. The average Bonchev–Trinajstić information content (AvgIpc) is 2.17. The number of benzene rings is 1. The molecule has 16 heavy (non-hydrogen) atoms. The van der Waals surface area contributed by atoms with Crippen molar-refractivity contribution in [2.45, 2.75) is 31.7 Å². The topological polar surface area (TPSA) is 66.4 Å². The molecular weight excluding hydrogens is 226 g/mol. The van der Waals surface area contributed by atoms with Gasteiger partial charge in [-0.1, -0.05) is 30.3 Å². The van der Waals surface area contributed by atoms with Crippen LogP contribution in [0.3, 0.4) is 0 Å². The van der Waals surface area contributed by atoms with Gasteiger partial charge in [0.25, 0.3) is 10.1 Å². The van der Waals surface area contributed by atoms with Gasteiger partial charge in [0.1, 0.15) is 5.37 Å². The van der Waals surface area contributed by atoms with Gasteiger partial charge in [-0.3, -0.25) is 9.87 Å². The van der Waals surface area contributed by atoms with Crippen LogP contribution in [0.2, 0.25) is 0 Å². The first-order valence-electron chi connectivity index (χ1n) is 5.16. The average molecular weight is 243 g/mol. The Balaban J connectivity index is 2.52. The standard InChI is InChI=1S/C11H17NO3S/c1-9(12-10(2)16(13,14)15)8-11-6-4-3-5-7-11/h3-7,9-10,12H,8H2,1-2H3,(H,13,14,15). The fourth-order valence-electron chi connectivity index (χ4n) is 1.51. The van der Waals surface area contributed by atoms with Crippen molar-refractivity contribution in [2.24, 2.45) is 0 Å². The molecule has 4 nitrogen and oxygen atoms in total. The van der Waals surface area contributed by atoms with Gasteiger partial charge in [0.05, 0.1) is 0 Å². The zero-order chi connectivity index (χ0) is 12.2. The highest BCUT2D eigenvalue weighted by Crippen LogP contribution is 2.04. The first-order valence-corrected chi connectivity index (χ1v) is 6.66. The highest BCUT2D eigenvalue weighted by Gasteiger charge is 2.18. The van der Waals surface area contributed by atoms with Crippen LogP contribution >= 0.6 is 0 Å². The Hall–Kier alpha value is -0.910. The van der Waals surface area contributed by atoms with Crippen LogP contribution in [0.25, 0.3) is 0 Å². The lowest BCUT2D eigenvalue weighted by atomic mass is 10.1. The van der Waals surface area contributed by atoms with Crippen LogP contribution in [0.15, 0.2) is 30.3 Å². The van der Waals surface area contributed by atoms with Crippen molar-refractivity contribution in [1.29, 1.82) is 0 Å². The third kappa shape index (κ3) is 4.30. The predicted octanol–water partition coefficient (Wildman–Crippen LogP) is 1.44. The summed E-state index contributed by atoms with van der Waals surface area (Å²) in [7, 11) is -4.00. The van der Waals surface area contributed by atoms with Crippen LogP contribution in [0.4, 0.5) is 0 Å². The zero-order valence-electron chi connectivity index (χ0n) is 9.42. The molecule has 2 atom stereocenters. The van der Waals surface area contributed by atoms with Crippen molar-refractivity contribution < 1.29 is 13.0 Å². The molecular formula is C11H17NO3S. The minimum atomic E-state index is -4.00. The van der Waals surface area contributed by atoms with E-state index in [-0.39, 0.29) is 6.04 Å². The third-order valence-corrected chi connectivity index (χ3v) is 3.38. The van der Waals surface area contributed by atoms with E-state index < -0.39 is 15.5 Å². The first-order chi connectivity index (χ1) is 7.39. The van der Waals surface area contributed by atoms with Crippen molar-refractivity contribution in [3.63, 3.8) is 0 Å². The molecule has 0 aliphatic rings. The molecule has 0 aliphatic carbocycles. The smallest absolute Gasteiger partial charge is 0.280 e. The highest BCUT2D eigenvalue weighted by atomic mass is 32.2. The third-order valence-electron chi connectivity index (χ3n) is 2.35. The van der Waals surface area contributed by atoms with Gasteiger partial charge >= 0.3 is 0 Å². The summed E-state index contributed by atoms with van der Waals surface area (Å²) in [5.41, 5.74) is 1.13. The van der Waals surface area contributed by atoms with Crippen molar-refractivity contribution in [3.8, 4) is 0 Å². The lowest BCUT2D eigenvalue weighted by molar-refractivity contribution is 0.438. The Bertz CT molecular complexity index is 416. The van der Waals surface area contributed by atoms with E-state index in [9.17, 15) is 8.42 Å². The van der Waals surface area contributed by atoms with Crippen LogP contribution in [0.1, 0.15) is 19.4 Å². The van der Waals surface area contributed by atoms with Gasteiger partial charge in [-0.25, -0.2) is 0 Å². The van der Waals surface area contributed by atoms with E-state index in [1.165, 1.54) is 6.92 Å². The van der Waals surface area contributed by atoms with Gasteiger partial charge in [0.15, 0.2) is 0 Å². The number of hydrogen-bond donors (Lipinski definition) is 2. The quantitative estimate of drug-likeness (QED) is 0.768. The van der Waals surface area contributed by atoms with E-state index in [2.05, 4.69) is 5.32 Å². The van der Waals surface area contributed by atoms with Crippen molar-refractivity contribution in [1.82, 2.24) is 5.32 Å². The van der Waals surface area contributed by atoms with Gasteiger partial charge in [-0.2, -0.15) is 8.42 Å². The molecule has 0 bridgehead atoms. The highest BCUT2D eigenvalue weighted by molar-refractivity contribution is 7.86. The van der Waals surface area contributed by atoms with E-state index >= 15 is 0 Å². The van der Waals surface area contributed by atoms with E-state index in [4.69, 9.17) is 4.55 Å². The van der Waals surface area contributed by atoms with Gasteiger partial charge in [0.2, 0.25) is 0 Å². The molecule has 0 amide bonds. The van der Waals surface area contributed by atoms with Crippen LogP contribution in [-0.4, -0.2) is 24.4 Å².